The van der Waals surface area contributed by atoms with E-state index in [0.29, 0.717) is 12.1 Å². The van der Waals surface area contributed by atoms with Crippen molar-refractivity contribution >= 4 is 5.91 Å². The third kappa shape index (κ3) is 4.87. The van der Waals surface area contributed by atoms with E-state index in [9.17, 15) is 9.90 Å². The number of carbonyl (C=O) groups excluding carboxylic acids is 1. The summed E-state index contributed by atoms with van der Waals surface area (Å²) in [6.45, 7) is 4.47. The Kier molecular flexibility index (Phi) is 5.79. The topological polar surface area (TPSA) is 65.5 Å². The summed E-state index contributed by atoms with van der Waals surface area (Å²) >= 11 is 0. The molecule has 0 radical (unpaired) electrons. The van der Waals surface area contributed by atoms with Gasteiger partial charge in [-0.15, -0.1) is 0 Å². The number of amides is 1. The van der Waals surface area contributed by atoms with Crippen LogP contribution in [0.1, 0.15) is 33.6 Å². The molecular weight excluding hydrogens is 314 g/mol. The minimum Gasteiger partial charge on any atom is -0.390 e. The quantitative estimate of drug-likeness (QED) is 0.874. The third-order valence-corrected chi connectivity index (χ3v) is 4.56. The highest BCUT2D eigenvalue weighted by Crippen LogP contribution is 2.18. The van der Waals surface area contributed by atoms with Crippen LogP contribution in [0.4, 0.5) is 0 Å². The molecule has 2 N–H and O–H groups in total. The zero-order chi connectivity index (χ0) is 17.6. The minimum atomic E-state index is -0.586. The number of carbonyl (C=O) groups is 1. The van der Waals surface area contributed by atoms with Crippen molar-refractivity contribution in [1.82, 2.24) is 15.2 Å². The van der Waals surface area contributed by atoms with E-state index in [1.807, 2.05) is 6.92 Å². The van der Waals surface area contributed by atoms with Gasteiger partial charge in [-0.3, -0.25) is 14.7 Å². The van der Waals surface area contributed by atoms with Gasteiger partial charge >= 0.3 is 0 Å². The van der Waals surface area contributed by atoms with Gasteiger partial charge in [-0.1, -0.05) is 24.3 Å². The number of nitrogens with one attached hydrogen (secondary N) is 1. The number of hydrogen-bond acceptors (Lipinski definition) is 4. The van der Waals surface area contributed by atoms with Gasteiger partial charge in [-0.2, -0.15) is 0 Å². The third-order valence-electron chi connectivity index (χ3n) is 4.56. The van der Waals surface area contributed by atoms with Gasteiger partial charge in [0.15, 0.2) is 0 Å². The maximum absolute atomic E-state index is 12.1. The molecule has 0 aliphatic carbocycles. The number of aromatic nitrogens is 1. The summed E-state index contributed by atoms with van der Waals surface area (Å²) < 4.78 is 0. The van der Waals surface area contributed by atoms with Gasteiger partial charge in [0, 0.05) is 37.1 Å². The largest absolute Gasteiger partial charge is 0.390 e. The number of hydrogen-bond donors (Lipinski definition) is 2. The molecule has 2 aromatic rings. The molecule has 1 atom stereocenters. The van der Waals surface area contributed by atoms with Crippen LogP contribution in [-0.4, -0.2) is 46.6 Å². The highest BCUT2D eigenvalue weighted by Gasteiger charge is 2.17. The van der Waals surface area contributed by atoms with Crippen molar-refractivity contribution in [2.75, 3.05) is 19.6 Å². The second kappa shape index (κ2) is 8.23. The van der Waals surface area contributed by atoms with Crippen molar-refractivity contribution < 1.29 is 9.90 Å². The fraction of sp³-hybridized carbons (Fsp3) is 0.400. The molecule has 3 rings (SSSR count). The van der Waals surface area contributed by atoms with Gasteiger partial charge in [0.1, 0.15) is 0 Å². The second-order valence-corrected chi connectivity index (χ2v) is 6.66. The predicted octanol–water partition coefficient (Wildman–Crippen LogP) is 1.93. The van der Waals surface area contributed by atoms with Gasteiger partial charge in [-0.05, 0) is 49.6 Å². The number of fused-ring (bicyclic) bond motifs is 1. The summed E-state index contributed by atoms with van der Waals surface area (Å²) in [6.07, 6.45) is 3.21. The number of rotatable bonds is 5. The van der Waals surface area contributed by atoms with E-state index in [0.717, 1.165) is 31.6 Å². The van der Waals surface area contributed by atoms with Crippen LogP contribution in [-0.2, 0) is 13.0 Å². The molecule has 0 fully saturated rings. The molecule has 0 bridgehead atoms. The van der Waals surface area contributed by atoms with Crippen molar-refractivity contribution in [3.8, 4) is 0 Å². The van der Waals surface area contributed by atoms with Gasteiger partial charge < -0.3 is 10.4 Å². The Labute approximate surface area is 148 Å². The molecule has 1 aliphatic rings. The zero-order valence-electron chi connectivity index (χ0n) is 14.6. The van der Waals surface area contributed by atoms with E-state index in [4.69, 9.17) is 0 Å². The first-order valence-corrected chi connectivity index (χ1v) is 8.80. The summed E-state index contributed by atoms with van der Waals surface area (Å²) in [6, 6.07) is 11.9. The molecule has 1 aliphatic heterocycles. The Balaban J connectivity index is 1.51. The number of aliphatic hydroxyl groups is 1. The SMILES string of the molecule is Cc1cc(C(=O)NC[C@H](O)CN2CCCc3ccccc3C2)ccn1. The van der Waals surface area contributed by atoms with E-state index in [1.165, 1.54) is 11.1 Å². The molecule has 0 saturated carbocycles. The Hall–Kier alpha value is -2.24. The van der Waals surface area contributed by atoms with Crippen molar-refractivity contribution in [1.29, 1.82) is 0 Å². The van der Waals surface area contributed by atoms with Crippen LogP contribution < -0.4 is 5.32 Å². The first kappa shape index (κ1) is 17.6. The lowest BCUT2D eigenvalue weighted by Gasteiger charge is -2.23. The molecule has 132 valence electrons. The number of aliphatic hydroxyl groups excluding tert-OH is 1. The average Bonchev–Trinajstić information content (AvgIpc) is 2.81. The summed E-state index contributed by atoms with van der Waals surface area (Å²) in [4.78, 5) is 18.5. The number of aryl methyl sites for hydroxylation is 2. The first-order chi connectivity index (χ1) is 12.1. The van der Waals surface area contributed by atoms with Crippen LogP contribution in [0, 0.1) is 6.92 Å². The summed E-state index contributed by atoms with van der Waals surface area (Å²) in [5, 5.41) is 13.1. The van der Waals surface area contributed by atoms with E-state index in [2.05, 4.69) is 39.5 Å². The molecule has 1 amide bonds. The molecule has 0 unspecified atom stereocenters. The number of pyridine rings is 1. The van der Waals surface area contributed by atoms with Gasteiger partial charge in [0.25, 0.3) is 5.91 Å². The van der Waals surface area contributed by atoms with Gasteiger partial charge in [0.05, 0.1) is 6.10 Å². The van der Waals surface area contributed by atoms with E-state index in [1.54, 1.807) is 18.3 Å². The maximum atomic E-state index is 12.1. The molecule has 0 spiro atoms. The van der Waals surface area contributed by atoms with Crippen molar-refractivity contribution in [3.63, 3.8) is 0 Å². The average molecular weight is 339 g/mol. The van der Waals surface area contributed by atoms with E-state index >= 15 is 0 Å². The molecule has 5 heteroatoms. The van der Waals surface area contributed by atoms with E-state index in [-0.39, 0.29) is 12.5 Å². The Morgan fingerprint density at radius 1 is 1.32 bits per heavy atom. The smallest absolute Gasteiger partial charge is 0.251 e. The fourth-order valence-corrected chi connectivity index (χ4v) is 3.29. The molecule has 1 aromatic carbocycles. The normalized spacial score (nSPS) is 15.9. The standard InChI is InChI=1S/C20H25N3O2/c1-15-11-17(8-9-21-15)20(25)22-12-19(24)14-23-10-4-7-16-5-2-3-6-18(16)13-23/h2-3,5-6,8-9,11,19,24H,4,7,10,12-14H2,1H3,(H,22,25)/t19-/m0/s1. The summed E-state index contributed by atoms with van der Waals surface area (Å²) in [5.41, 5.74) is 4.11. The Morgan fingerprint density at radius 3 is 2.92 bits per heavy atom. The molecular formula is C20H25N3O2. The summed E-state index contributed by atoms with van der Waals surface area (Å²) in [7, 11) is 0. The number of benzene rings is 1. The Bertz CT molecular complexity index is 732. The predicted molar refractivity (Wildman–Crippen MR) is 97.4 cm³/mol. The molecule has 2 heterocycles. The van der Waals surface area contributed by atoms with Crippen LogP contribution in [0.25, 0.3) is 0 Å². The Morgan fingerprint density at radius 2 is 2.12 bits per heavy atom. The second-order valence-electron chi connectivity index (χ2n) is 6.66. The van der Waals surface area contributed by atoms with Crippen LogP contribution in [0.3, 0.4) is 0 Å². The lowest BCUT2D eigenvalue weighted by molar-refractivity contribution is 0.0851. The van der Waals surface area contributed by atoms with Crippen molar-refractivity contribution in [3.05, 3.63) is 65.0 Å². The van der Waals surface area contributed by atoms with Crippen molar-refractivity contribution in [2.24, 2.45) is 0 Å². The fourth-order valence-electron chi connectivity index (χ4n) is 3.29. The number of β-amino-alcohol motifs (C(OH)–C–C–N with tert-alkyl or cyclic N) is 1. The minimum absolute atomic E-state index is 0.175. The first-order valence-electron chi connectivity index (χ1n) is 8.80. The molecule has 5 nitrogen and oxygen atoms in total. The van der Waals surface area contributed by atoms with Crippen LogP contribution in [0.5, 0.6) is 0 Å². The lowest BCUT2D eigenvalue weighted by Crippen LogP contribution is -2.40. The van der Waals surface area contributed by atoms with E-state index < -0.39 is 6.10 Å². The highest BCUT2D eigenvalue weighted by molar-refractivity contribution is 5.94. The van der Waals surface area contributed by atoms with Gasteiger partial charge in [0.2, 0.25) is 0 Å². The van der Waals surface area contributed by atoms with Gasteiger partial charge in [-0.25, -0.2) is 0 Å². The number of nitrogens with zero attached hydrogens (tertiary/aromatic N) is 2. The van der Waals surface area contributed by atoms with Crippen LogP contribution in [0.2, 0.25) is 0 Å². The molecule has 0 saturated heterocycles. The zero-order valence-corrected chi connectivity index (χ0v) is 14.6. The lowest BCUT2D eigenvalue weighted by atomic mass is 10.0. The monoisotopic (exact) mass is 339 g/mol. The summed E-state index contributed by atoms with van der Waals surface area (Å²) in [5.74, 6) is -0.175. The van der Waals surface area contributed by atoms with Crippen LogP contribution in [0.15, 0.2) is 42.6 Å². The molecule has 1 aromatic heterocycles. The van der Waals surface area contributed by atoms with Crippen LogP contribution >= 0.6 is 0 Å². The highest BCUT2D eigenvalue weighted by atomic mass is 16.3. The molecule has 25 heavy (non-hydrogen) atoms. The maximum Gasteiger partial charge on any atom is 0.251 e. The van der Waals surface area contributed by atoms with Crippen molar-refractivity contribution in [2.45, 2.75) is 32.4 Å².